The summed E-state index contributed by atoms with van der Waals surface area (Å²) in [7, 11) is 0. The lowest BCUT2D eigenvalue weighted by molar-refractivity contribution is -0.148. The van der Waals surface area contributed by atoms with Gasteiger partial charge in [0.15, 0.2) is 0 Å². The van der Waals surface area contributed by atoms with Gasteiger partial charge < -0.3 is 14.9 Å². The molecule has 62 valence electrons. The second kappa shape index (κ2) is 4.45. The Labute approximate surface area is 62.9 Å². The average Bonchev–Trinajstić information content (AvgIpc) is 1.90. The van der Waals surface area contributed by atoms with Crippen molar-refractivity contribution in [3.05, 3.63) is 12.2 Å². The van der Waals surface area contributed by atoms with Crippen LogP contribution < -0.4 is 0 Å². The molecule has 1 rings (SSSR count). The molecule has 0 saturated heterocycles. The first-order valence-electron chi connectivity index (χ1n) is 2.80. The van der Waals surface area contributed by atoms with E-state index < -0.39 is 11.9 Å². The summed E-state index contributed by atoms with van der Waals surface area (Å²) in [5, 5.41) is 0. The number of rotatable bonds is 0. The summed E-state index contributed by atoms with van der Waals surface area (Å²) < 4.78 is 9.06. The van der Waals surface area contributed by atoms with Crippen LogP contribution in [0.15, 0.2) is 12.2 Å². The molecule has 5 heteroatoms. The van der Waals surface area contributed by atoms with Crippen LogP contribution >= 0.6 is 0 Å². The summed E-state index contributed by atoms with van der Waals surface area (Å²) >= 11 is 0. The first kappa shape index (κ1) is 9.64. The molecule has 0 radical (unpaired) electrons. The minimum absolute atomic E-state index is 0. The van der Waals surface area contributed by atoms with E-state index in [-0.39, 0.29) is 18.7 Å². The van der Waals surface area contributed by atoms with E-state index in [0.29, 0.717) is 0 Å². The van der Waals surface area contributed by atoms with Crippen LogP contribution in [0, 0.1) is 0 Å². The Morgan fingerprint density at radius 3 is 1.73 bits per heavy atom. The SMILES string of the molecule is O.O=C1/C=C/C(=O)OCCO1. The lowest BCUT2D eigenvalue weighted by Crippen LogP contribution is -2.14. The van der Waals surface area contributed by atoms with Crippen LogP contribution in [0.25, 0.3) is 0 Å². The van der Waals surface area contributed by atoms with Crippen LogP contribution in [-0.4, -0.2) is 30.6 Å². The molecule has 0 aromatic carbocycles. The van der Waals surface area contributed by atoms with E-state index >= 15 is 0 Å². The highest BCUT2D eigenvalue weighted by Gasteiger charge is 2.04. The molecular formula is C6H8O5. The molecule has 1 heterocycles. The molecule has 0 atom stereocenters. The topological polar surface area (TPSA) is 84.1 Å². The maximum absolute atomic E-state index is 10.5. The van der Waals surface area contributed by atoms with Crippen LogP contribution in [0.2, 0.25) is 0 Å². The van der Waals surface area contributed by atoms with Gasteiger partial charge in [-0.1, -0.05) is 0 Å². The van der Waals surface area contributed by atoms with Gasteiger partial charge >= 0.3 is 11.9 Å². The van der Waals surface area contributed by atoms with Crippen LogP contribution in [0.5, 0.6) is 0 Å². The Morgan fingerprint density at radius 1 is 1.00 bits per heavy atom. The van der Waals surface area contributed by atoms with Crippen molar-refractivity contribution in [3.63, 3.8) is 0 Å². The fourth-order valence-electron chi connectivity index (χ4n) is 0.517. The van der Waals surface area contributed by atoms with E-state index in [1.807, 2.05) is 0 Å². The van der Waals surface area contributed by atoms with Crippen molar-refractivity contribution >= 4 is 11.9 Å². The summed E-state index contributed by atoms with van der Waals surface area (Å²) in [4.78, 5) is 20.9. The Kier molecular flexibility index (Phi) is 3.90. The van der Waals surface area contributed by atoms with Crippen molar-refractivity contribution in [3.8, 4) is 0 Å². The molecule has 0 aliphatic carbocycles. The highest BCUT2D eigenvalue weighted by molar-refractivity contribution is 5.92. The normalized spacial score (nSPS) is 20.0. The van der Waals surface area contributed by atoms with Gasteiger partial charge in [-0.05, 0) is 0 Å². The molecule has 11 heavy (non-hydrogen) atoms. The third-order valence-electron chi connectivity index (χ3n) is 0.927. The van der Waals surface area contributed by atoms with E-state index in [1.54, 1.807) is 0 Å². The zero-order chi connectivity index (χ0) is 7.40. The number of cyclic esters (lactones) is 2. The number of hydrogen-bond acceptors (Lipinski definition) is 4. The maximum atomic E-state index is 10.5. The monoisotopic (exact) mass is 160 g/mol. The molecule has 0 aromatic heterocycles. The molecule has 0 unspecified atom stereocenters. The molecule has 0 aromatic rings. The fraction of sp³-hybridized carbons (Fsp3) is 0.333. The number of ether oxygens (including phenoxy) is 2. The maximum Gasteiger partial charge on any atom is 0.331 e. The van der Waals surface area contributed by atoms with Crippen LogP contribution in [-0.2, 0) is 19.1 Å². The lowest BCUT2D eigenvalue weighted by atomic mass is 10.5. The van der Waals surface area contributed by atoms with Gasteiger partial charge in [0, 0.05) is 12.2 Å². The molecule has 0 saturated carbocycles. The minimum atomic E-state index is -0.503. The zero-order valence-corrected chi connectivity index (χ0v) is 5.70. The minimum Gasteiger partial charge on any atom is -0.459 e. The van der Waals surface area contributed by atoms with Gasteiger partial charge in [0.2, 0.25) is 0 Å². The fourth-order valence-corrected chi connectivity index (χ4v) is 0.517. The molecule has 0 spiro atoms. The summed E-state index contributed by atoms with van der Waals surface area (Å²) in [5.41, 5.74) is 0. The van der Waals surface area contributed by atoms with Crippen LogP contribution in [0.4, 0.5) is 0 Å². The Morgan fingerprint density at radius 2 is 1.36 bits per heavy atom. The van der Waals surface area contributed by atoms with Crippen molar-refractivity contribution in [1.29, 1.82) is 0 Å². The van der Waals surface area contributed by atoms with Gasteiger partial charge in [0.1, 0.15) is 13.2 Å². The van der Waals surface area contributed by atoms with Crippen molar-refractivity contribution in [1.82, 2.24) is 0 Å². The predicted octanol–water partition coefficient (Wildman–Crippen LogP) is -1.18. The van der Waals surface area contributed by atoms with Gasteiger partial charge in [-0.25, -0.2) is 9.59 Å². The lowest BCUT2D eigenvalue weighted by Gasteiger charge is -2.04. The highest BCUT2D eigenvalue weighted by atomic mass is 16.6. The molecule has 2 N–H and O–H groups in total. The highest BCUT2D eigenvalue weighted by Crippen LogP contribution is 1.90. The second-order valence-corrected chi connectivity index (χ2v) is 1.67. The summed E-state index contributed by atoms with van der Waals surface area (Å²) in [6.45, 7) is 0.268. The number of esters is 2. The van der Waals surface area contributed by atoms with E-state index in [2.05, 4.69) is 9.47 Å². The van der Waals surface area contributed by atoms with Gasteiger partial charge in [-0.15, -0.1) is 0 Å². The molecular weight excluding hydrogens is 152 g/mol. The molecule has 0 bridgehead atoms. The molecule has 1 aliphatic heterocycles. The Balaban J connectivity index is 0.000001000. The largest absolute Gasteiger partial charge is 0.459 e. The Bertz CT molecular complexity index is 163. The van der Waals surface area contributed by atoms with Gasteiger partial charge in [-0.3, -0.25) is 0 Å². The summed E-state index contributed by atoms with van der Waals surface area (Å²) in [6, 6.07) is 0. The summed E-state index contributed by atoms with van der Waals surface area (Å²) in [6.07, 6.45) is 2.09. The van der Waals surface area contributed by atoms with Gasteiger partial charge in [0.05, 0.1) is 0 Å². The van der Waals surface area contributed by atoms with Crippen molar-refractivity contribution < 1.29 is 24.5 Å². The van der Waals surface area contributed by atoms with E-state index in [9.17, 15) is 9.59 Å². The third-order valence-corrected chi connectivity index (χ3v) is 0.927. The quantitative estimate of drug-likeness (QED) is 0.417. The standard InChI is InChI=1S/C6H6O4.H2O/c7-5-1-2-6(8)10-4-3-9-5;/h1-2H,3-4H2;1H2/b2-1+;. The second-order valence-electron chi connectivity index (χ2n) is 1.67. The van der Waals surface area contributed by atoms with E-state index in [0.717, 1.165) is 12.2 Å². The van der Waals surface area contributed by atoms with Crippen molar-refractivity contribution in [2.24, 2.45) is 0 Å². The smallest absolute Gasteiger partial charge is 0.331 e. The van der Waals surface area contributed by atoms with Crippen LogP contribution in [0.1, 0.15) is 0 Å². The first-order chi connectivity index (χ1) is 4.79. The van der Waals surface area contributed by atoms with Crippen molar-refractivity contribution in [2.45, 2.75) is 0 Å². The zero-order valence-electron chi connectivity index (χ0n) is 5.70. The average molecular weight is 160 g/mol. The number of carbonyl (C=O) groups excluding carboxylic acids is 2. The molecule has 5 nitrogen and oxygen atoms in total. The van der Waals surface area contributed by atoms with E-state index in [1.165, 1.54) is 0 Å². The number of carbonyl (C=O) groups is 2. The van der Waals surface area contributed by atoms with Gasteiger partial charge in [-0.2, -0.15) is 0 Å². The predicted molar refractivity (Wildman–Crippen MR) is 34.7 cm³/mol. The van der Waals surface area contributed by atoms with Crippen molar-refractivity contribution in [2.75, 3.05) is 13.2 Å². The molecule has 1 aliphatic rings. The third kappa shape index (κ3) is 3.36. The molecule has 0 amide bonds. The Hall–Kier alpha value is -1.36. The van der Waals surface area contributed by atoms with Gasteiger partial charge in [0.25, 0.3) is 0 Å². The van der Waals surface area contributed by atoms with E-state index in [4.69, 9.17) is 0 Å². The number of hydrogen-bond donors (Lipinski definition) is 0. The first-order valence-corrected chi connectivity index (χ1v) is 2.80. The molecule has 0 fully saturated rings. The van der Waals surface area contributed by atoms with Crippen LogP contribution in [0.3, 0.4) is 0 Å². The summed E-state index contributed by atoms with van der Waals surface area (Å²) in [5.74, 6) is -1.01.